The molecule has 0 radical (unpaired) electrons. The summed E-state index contributed by atoms with van der Waals surface area (Å²) in [6, 6.07) is 7.05. The fourth-order valence-electron chi connectivity index (χ4n) is 5.41. The number of piperidine rings is 1. The summed E-state index contributed by atoms with van der Waals surface area (Å²) in [7, 11) is 5.54. The highest BCUT2D eigenvalue weighted by atomic mass is 16.5. The number of pyridine rings is 1. The van der Waals surface area contributed by atoms with Gasteiger partial charge in [0, 0.05) is 80.9 Å². The van der Waals surface area contributed by atoms with E-state index in [2.05, 4.69) is 20.5 Å². The number of aryl methyl sites for hydroxylation is 1. The van der Waals surface area contributed by atoms with Gasteiger partial charge in [-0.25, -0.2) is 9.78 Å². The summed E-state index contributed by atoms with van der Waals surface area (Å²) in [5.74, 6) is 0.667. The molecule has 0 atom stereocenters. The largest absolute Gasteiger partial charge is 0.452 e. The van der Waals surface area contributed by atoms with Crippen LogP contribution in [-0.4, -0.2) is 65.4 Å². The van der Waals surface area contributed by atoms with Crippen LogP contribution in [0, 0.1) is 5.92 Å². The number of nitrogens with one attached hydrogen (secondary N) is 2. The number of fused-ring (bicyclic) bond motifs is 2. The van der Waals surface area contributed by atoms with Gasteiger partial charge in [0.2, 0.25) is 11.7 Å². The van der Waals surface area contributed by atoms with Gasteiger partial charge in [0.25, 0.3) is 0 Å². The van der Waals surface area contributed by atoms with Crippen LogP contribution in [0.25, 0.3) is 17.1 Å². The molecule has 1 aliphatic carbocycles. The van der Waals surface area contributed by atoms with Crippen molar-refractivity contribution in [2.75, 3.05) is 37.4 Å². The average Bonchev–Trinajstić information content (AvgIpc) is 3.61. The molecule has 2 fully saturated rings. The van der Waals surface area contributed by atoms with E-state index < -0.39 is 0 Å². The summed E-state index contributed by atoms with van der Waals surface area (Å²) < 4.78 is 7.91. The number of nitrogens with zero attached hydrogens (tertiary/aromatic N) is 4. The summed E-state index contributed by atoms with van der Waals surface area (Å²) in [6.45, 7) is 1.53. The van der Waals surface area contributed by atoms with Crippen LogP contribution in [0.15, 0.2) is 42.4 Å². The Morgan fingerprint density at radius 3 is 2.62 bits per heavy atom. The number of ketones is 1. The smallest absolute Gasteiger partial charge is 0.319 e. The highest BCUT2D eigenvalue weighted by Crippen LogP contribution is 2.37. The fraction of sp³-hybridized carbons (Fsp3) is 0.379. The Kier molecular flexibility index (Phi) is 6.25. The summed E-state index contributed by atoms with van der Waals surface area (Å²) in [6.07, 6.45) is 9.09. The molecule has 0 unspecified atom stereocenters. The minimum absolute atomic E-state index is 0.0353. The molecule has 2 N–H and O–H groups in total. The van der Waals surface area contributed by atoms with Crippen molar-refractivity contribution in [3.8, 4) is 5.75 Å². The number of aromatic nitrogens is 2. The molecule has 6 rings (SSSR count). The second-order valence-electron chi connectivity index (χ2n) is 10.7. The highest BCUT2D eigenvalue weighted by molar-refractivity contribution is 6.16. The molecule has 2 aliphatic heterocycles. The predicted molar refractivity (Wildman–Crippen MR) is 149 cm³/mol. The van der Waals surface area contributed by atoms with Gasteiger partial charge in [-0.3, -0.25) is 9.59 Å². The Morgan fingerprint density at radius 1 is 1.13 bits per heavy atom. The normalized spacial score (nSPS) is 18.3. The molecule has 10 heteroatoms. The van der Waals surface area contributed by atoms with E-state index in [4.69, 9.17) is 4.74 Å². The van der Waals surface area contributed by atoms with Gasteiger partial charge in [-0.15, -0.1) is 0 Å². The van der Waals surface area contributed by atoms with Crippen molar-refractivity contribution in [2.24, 2.45) is 13.0 Å². The van der Waals surface area contributed by atoms with Crippen molar-refractivity contribution in [3.63, 3.8) is 0 Å². The van der Waals surface area contributed by atoms with E-state index in [-0.39, 0.29) is 35.4 Å². The molecule has 1 aromatic carbocycles. The van der Waals surface area contributed by atoms with Crippen molar-refractivity contribution in [3.05, 3.63) is 53.5 Å². The van der Waals surface area contributed by atoms with Crippen LogP contribution < -0.4 is 20.3 Å². The second kappa shape index (κ2) is 9.76. The van der Waals surface area contributed by atoms with Gasteiger partial charge in [0.15, 0.2) is 5.76 Å². The number of Topliss-reactive ketones (excluding diaryl/α,β-unsaturated/α-hetero) is 1. The van der Waals surface area contributed by atoms with Crippen LogP contribution in [0.3, 0.4) is 0 Å². The maximum atomic E-state index is 13.3. The third-order valence-electron chi connectivity index (χ3n) is 7.62. The number of carbonyl (C=O) groups excluding carboxylic acids is 3. The number of allylic oxidation sites excluding steroid dienone is 1. The van der Waals surface area contributed by atoms with E-state index in [0.29, 0.717) is 17.0 Å². The molecule has 1 saturated heterocycles. The quantitative estimate of drug-likeness (QED) is 0.488. The van der Waals surface area contributed by atoms with Crippen molar-refractivity contribution in [1.29, 1.82) is 0 Å². The summed E-state index contributed by atoms with van der Waals surface area (Å²) >= 11 is 0. The molecule has 10 nitrogen and oxygen atoms in total. The van der Waals surface area contributed by atoms with Gasteiger partial charge in [-0.2, -0.15) is 0 Å². The van der Waals surface area contributed by atoms with Gasteiger partial charge in [-0.05, 0) is 56.0 Å². The molecule has 0 spiro atoms. The van der Waals surface area contributed by atoms with Gasteiger partial charge in [0.05, 0.1) is 5.56 Å². The van der Waals surface area contributed by atoms with E-state index in [1.54, 1.807) is 49.5 Å². The molecular formula is C29H32N6O4. The van der Waals surface area contributed by atoms with Crippen molar-refractivity contribution in [1.82, 2.24) is 19.8 Å². The second-order valence-corrected chi connectivity index (χ2v) is 10.7. The number of hydrogen-bond donors (Lipinski definition) is 2. The fourth-order valence-corrected chi connectivity index (χ4v) is 5.41. The lowest BCUT2D eigenvalue weighted by atomic mass is 9.95. The predicted octanol–water partition coefficient (Wildman–Crippen LogP) is 3.78. The molecule has 3 amide bonds. The highest BCUT2D eigenvalue weighted by Gasteiger charge is 2.30. The zero-order valence-corrected chi connectivity index (χ0v) is 22.4. The van der Waals surface area contributed by atoms with Gasteiger partial charge in [-0.1, -0.05) is 0 Å². The summed E-state index contributed by atoms with van der Waals surface area (Å²) in [5, 5.41) is 6.62. The number of urea groups is 1. The van der Waals surface area contributed by atoms with Crippen molar-refractivity contribution >= 4 is 46.2 Å². The van der Waals surface area contributed by atoms with E-state index in [9.17, 15) is 14.4 Å². The minimum atomic E-state index is -0.273. The van der Waals surface area contributed by atoms with Gasteiger partial charge < -0.3 is 29.7 Å². The zero-order chi connectivity index (χ0) is 27.3. The van der Waals surface area contributed by atoms with Gasteiger partial charge in [0.1, 0.15) is 11.4 Å². The number of amides is 3. The lowest BCUT2D eigenvalue weighted by Gasteiger charge is -2.34. The first kappa shape index (κ1) is 25.0. The molecule has 2 aromatic heterocycles. The lowest BCUT2D eigenvalue weighted by Crippen LogP contribution is -2.40. The Hall–Kier alpha value is -4.34. The van der Waals surface area contributed by atoms with Crippen LogP contribution in [-0.2, 0) is 11.8 Å². The first-order chi connectivity index (χ1) is 18.8. The number of hydrogen-bond acceptors (Lipinski definition) is 6. The van der Waals surface area contributed by atoms with Gasteiger partial charge >= 0.3 is 6.03 Å². The number of ether oxygens (including phenoxy) is 1. The Labute approximate surface area is 226 Å². The SMILES string of the molecule is CN(C)C(=O)C1CCN(c2ccnc3c2c(C=C2Oc4ccc(NC(=O)NC5CC5)cc4C2=O)cn3C)CC1. The van der Waals surface area contributed by atoms with Crippen molar-refractivity contribution in [2.45, 2.75) is 31.7 Å². The average molecular weight is 529 g/mol. The molecule has 1 saturated carbocycles. The standard InChI is InChI=1S/C29H32N6O4/c1-33(2)28(37)17-9-12-35(13-10-17)22-8-11-30-27-25(22)18(16-34(27)3)14-24-26(36)21-15-20(6-7-23(21)39-24)32-29(38)31-19-4-5-19/h6-8,11,14-17,19H,4-5,9-10,12-13H2,1-3H3,(H2,31,32,38). The van der Waals surface area contributed by atoms with E-state index in [0.717, 1.165) is 61.1 Å². The van der Waals surface area contributed by atoms with E-state index in [1.807, 2.05) is 23.9 Å². The first-order valence-corrected chi connectivity index (χ1v) is 13.3. The van der Waals surface area contributed by atoms with E-state index >= 15 is 0 Å². The number of anilines is 2. The maximum absolute atomic E-state index is 13.3. The van der Waals surface area contributed by atoms with E-state index in [1.165, 1.54) is 0 Å². The topological polar surface area (TPSA) is 109 Å². The molecule has 39 heavy (non-hydrogen) atoms. The molecule has 3 aromatic rings. The monoisotopic (exact) mass is 528 g/mol. The molecular weight excluding hydrogens is 496 g/mol. The Morgan fingerprint density at radius 2 is 1.90 bits per heavy atom. The minimum Gasteiger partial charge on any atom is -0.452 e. The molecule has 202 valence electrons. The lowest BCUT2D eigenvalue weighted by molar-refractivity contribution is -0.133. The third kappa shape index (κ3) is 4.82. The molecule has 0 bridgehead atoms. The number of rotatable bonds is 5. The van der Waals surface area contributed by atoms with Crippen LogP contribution in [0.5, 0.6) is 5.75 Å². The van der Waals surface area contributed by atoms with Crippen LogP contribution in [0.2, 0.25) is 0 Å². The Balaban J connectivity index is 1.26. The maximum Gasteiger partial charge on any atom is 0.319 e. The van der Waals surface area contributed by atoms with Crippen LogP contribution >= 0.6 is 0 Å². The number of benzene rings is 1. The molecule has 4 heterocycles. The van der Waals surface area contributed by atoms with Crippen LogP contribution in [0.1, 0.15) is 41.6 Å². The summed E-state index contributed by atoms with van der Waals surface area (Å²) in [5.41, 5.74) is 3.62. The third-order valence-corrected chi connectivity index (χ3v) is 7.62. The zero-order valence-electron chi connectivity index (χ0n) is 22.4. The molecule has 3 aliphatic rings. The first-order valence-electron chi connectivity index (χ1n) is 13.3. The Bertz CT molecular complexity index is 1510. The summed E-state index contributed by atoms with van der Waals surface area (Å²) in [4.78, 5) is 46.5. The van der Waals surface area contributed by atoms with Crippen LogP contribution in [0.4, 0.5) is 16.2 Å². The number of carbonyl (C=O) groups is 3. The van der Waals surface area contributed by atoms with Crippen molar-refractivity contribution < 1.29 is 19.1 Å².